The number of alkyl halides is 3. The van der Waals surface area contributed by atoms with Crippen LogP contribution in [0.3, 0.4) is 0 Å². The van der Waals surface area contributed by atoms with Gasteiger partial charge in [-0.05, 0) is 34.9 Å². The van der Waals surface area contributed by atoms with Gasteiger partial charge in [0.2, 0.25) is 0 Å². The third kappa shape index (κ3) is 4.44. The number of carboxylic acids is 1. The fraction of sp³-hybridized carbons (Fsp3) is 0.125. The molecule has 0 bridgehead atoms. The Balaban J connectivity index is 2.13. The molecule has 0 fully saturated rings. The largest absolute Gasteiger partial charge is 0.481 e. The lowest BCUT2D eigenvalue weighted by molar-refractivity contribution is -0.138. The number of rotatable bonds is 4. The van der Waals surface area contributed by atoms with E-state index < -0.39 is 17.7 Å². The first-order valence-corrected chi connectivity index (χ1v) is 6.35. The predicted molar refractivity (Wildman–Crippen MR) is 75.9 cm³/mol. The molecule has 2 aromatic rings. The van der Waals surface area contributed by atoms with Crippen LogP contribution in [0.15, 0.2) is 42.7 Å². The number of aromatic nitrogens is 1. The van der Waals surface area contributed by atoms with Gasteiger partial charge in [0.15, 0.2) is 0 Å². The molecule has 114 valence electrons. The second-order valence-corrected chi connectivity index (χ2v) is 4.65. The number of aliphatic carboxylic acids is 1. The van der Waals surface area contributed by atoms with Crippen LogP contribution in [0, 0.1) is 0 Å². The molecule has 0 radical (unpaired) electrons. The maximum atomic E-state index is 12.4. The van der Waals surface area contributed by atoms with E-state index in [1.807, 2.05) is 0 Å². The van der Waals surface area contributed by atoms with Gasteiger partial charge in [0.05, 0.1) is 12.0 Å². The molecule has 1 heterocycles. The highest BCUT2D eigenvalue weighted by Gasteiger charge is 2.29. The van der Waals surface area contributed by atoms with Gasteiger partial charge in [0.1, 0.15) is 0 Å². The molecule has 0 aliphatic heterocycles. The summed E-state index contributed by atoms with van der Waals surface area (Å²) in [6, 6.07) is 6.43. The lowest BCUT2D eigenvalue weighted by Crippen LogP contribution is -2.03. The van der Waals surface area contributed by atoms with E-state index >= 15 is 0 Å². The van der Waals surface area contributed by atoms with Crippen molar-refractivity contribution >= 4 is 18.1 Å². The van der Waals surface area contributed by atoms with E-state index in [0.717, 1.165) is 12.1 Å². The third-order valence-corrected chi connectivity index (χ3v) is 2.88. The Bertz CT molecular complexity index is 691. The Morgan fingerprint density at radius 3 is 2.32 bits per heavy atom. The summed E-state index contributed by atoms with van der Waals surface area (Å²) in [5.41, 5.74) is 1.15. The first-order chi connectivity index (χ1) is 10.3. The van der Waals surface area contributed by atoms with Crippen molar-refractivity contribution in [3.05, 3.63) is 65.0 Å². The highest BCUT2D eigenvalue weighted by Crippen LogP contribution is 2.29. The van der Waals surface area contributed by atoms with Crippen LogP contribution in [-0.2, 0) is 17.4 Å². The predicted octanol–water partition coefficient (Wildman–Crippen LogP) is 3.90. The van der Waals surface area contributed by atoms with Crippen LogP contribution < -0.4 is 0 Å². The molecule has 0 saturated carbocycles. The summed E-state index contributed by atoms with van der Waals surface area (Å²) in [5.74, 6) is -0.953. The zero-order valence-corrected chi connectivity index (χ0v) is 11.3. The van der Waals surface area contributed by atoms with Crippen LogP contribution in [0.5, 0.6) is 0 Å². The monoisotopic (exact) mass is 307 g/mol. The minimum absolute atomic E-state index is 0.130. The van der Waals surface area contributed by atoms with Gasteiger partial charge >= 0.3 is 12.1 Å². The summed E-state index contributed by atoms with van der Waals surface area (Å²) < 4.78 is 37.3. The van der Waals surface area contributed by atoms with Gasteiger partial charge in [-0.2, -0.15) is 13.2 Å². The first-order valence-electron chi connectivity index (χ1n) is 6.35. The van der Waals surface area contributed by atoms with Gasteiger partial charge in [0, 0.05) is 12.4 Å². The van der Waals surface area contributed by atoms with Crippen molar-refractivity contribution in [2.75, 3.05) is 0 Å². The van der Waals surface area contributed by atoms with Crippen LogP contribution in [-0.4, -0.2) is 16.1 Å². The van der Waals surface area contributed by atoms with E-state index in [1.165, 1.54) is 18.3 Å². The van der Waals surface area contributed by atoms with Crippen LogP contribution >= 0.6 is 0 Å². The number of carbonyl (C=O) groups is 1. The lowest BCUT2D eigenvalue weighted by Gasteiger charge is -2.05. The van der Waals surface area contributed by atoms with E-state index in [4.69, 9.17) is 5.11 Å². The summed E-state index contributed by atoms with van der Waals surface area (Å²) in [4.78, 5) is 14.6. The maximum Gasteiger partial charge on any atom is 0.416 e. The maximum absolute atomic E-state index is 12.4. The normalized spacial score (nSPS) is 11.8. The van der Waals surface area contributed by atoms with Crippen molar-refractivity contribution in [1.82, 2.24) is 4.98 Å². The topological polar surface area (TPSA) is 50.2 Å². The summed E-state index contributed by atoms with van der Waals surface area (Å²) >= 11 is 0. The second kappa shape index (κ2) is 6.43. The van der Waals surface area contributed by atoms with Crippen molar-refractivity contribution in [3.63, 3.8) is 0 Å². The van der Waals surface area contributed by atoms with E-state index in [1.54, 1.807) is 24.4 Å². The number of hydrogen-bond donors (Lipinski definition) is 1. The second-order valence-electron chi connectivity index (χ2n) is 4.65. The first kappa shape index (κ1) is 15.8. The number of pyridine rings is 1. The van der Waals surface area contributed by atoms with Crippen LogP contribution in [0.2, 0.25) is 0 Å². The zero-order valence-electron chi connectivity index (χ0n) is 11.3. The number of benzene rings is 1. The molecule has 0 unspecified atom stereocenters. The van der Waals surface area contributed by atoms with Gasteiger partial charge < -0.3 is 5.11 Å². The van der Waals surface area contributed by atoms with Crippen LogP contribution in [0.4, 0.5) is 13.2 Å². The number of carboxylic acid groups (broad SMARTS) is 1. The number of nitrogens with zero attached hydrogens (tertiary/aromatic N) is 1. The third-order valence-electron chi connectivity index (χ3n) is 2.88. The molecule has 0 saturated heterocycles. The Morgan fingerprint density at radius 1 is 1.09 bits per heavy atom. The Hall–Kier alpha value is -2.63. The Labute approximate surface area is 124 Å². The van der Waals surface area contributed by atoms with Crippen molar-refractivity contribution in [1.29, 1.82) is 0 Å². The smallest absolute Gasteiger partial charge is 0.416 e. The summed E-state index contributed by atoms with van der Waals surface area (Å²) in [6.45, 7) is 0. The molecule has 0 aliphatic carbocycles. The molecule has 22 heavy (non-hydrogen) atoms. The van der Waals surface area contributed by atoms with Crippen molar-refractivity contribution in [3.8, 4) is 0 Å². The van der Waals surface area contributed by atoms with Gasteiger partial charge in [-0.25, -0.2) is 0 Å². The van der Waals surface area contributed by atoms with Gasteiger partial charge in [0.25, 0.3) is 0 Å². The van der Waals surface area contributed by atoms with Gasteiger partial charge in [-0.1, -0.05) is 24.3 Å². The standard InChI is InChI=1S/C16H12F3NO2/c17-16(18,19)14-5-3-11(4-6-14)1-2-12-7-13(8-15(21)22)10-20-9-12/h1-7,9-10H,8H2,(H,21,22). The SMILES string of the molecule is O=C(O)Cc1cncc(C=Cc2ccc(C(F)(F)F)cc2)c1. The van der Waals surface area contributed by atoms with Gasteiger partial charge in [-0.15, -0.1) is 0 Å². The molecule has 3 nitrogen and oxygen atoms in total. The molecule has 0 spiro atoms. The van der Waals surface area contributed by atoms with Crippen molar-refractivity contribution < 1.29 is 23.1 Å². The molecule has 1 N–H and O–H groups in total. The lowest BCUT2D eigenvalue weighted by atomic mass is 10.1. The molecular formula is C16H12F3NO2. The van der Waals surface area contributed by atoms with E-state index in [2.05, 4.69) is 4.98 Å². The highest BCUT2D eigenvalue weighted by molar-refractivity contribution is 5.72. The molecule has 0 aliphatic rings. The van der Waals surface area contributed by atoms with E-state index in [-0.39, 0.29) is 6.42 Å². The minimum atomic E-state index is -4.35. The quantitative estimate of drug-likeness (QED) is 0.932. The molecule has 1 aromatic heterocycles. The number of hydrogen-bond acceptors (Lipinski definition) is 2. The van der Waals surface area contributed by atoms with Crippen LogP contribution in [0.25, 0.3) is 12.2 Å². The summed E-state index contributed by atoms with van der Waals surface area (Å²) in [7, 11) is 0. The number of halogens is 3. The van der Waals surface area contributed by atoms with E-state index in [9.17, 15) is 18.0 Å². The zero-order chi connectivity index (χ0) is 16.2. The van der Waals surface area contributed by atoms with Gasteiger partial charge in [-0.3, -0.25) is 9.78 Å². The Morgan fingerprint density at radius 2 is 1.73 bits per heavy atom. The molecule has 0 amide bonds. The molecule has 2 rings (SSSR count). The summed E-state index contributed by atoms with van der Waals surface area (Å²) in [6.07, 6.45) is 1.84. The molecule has 6 heteroatoms. The fourth-order valence-corrected chi connectivity index (χ4v) is 1.85. The fourth-order valence-electron chi connectivity index (χ4n) is 1.85. The summed E-state index contributed by atoms with van der Waals surface area (Å²) in [5, 5.41) is 8.72. The molecule has 0 atom stereocenters. The minimum Gasteiger partial charge on any atom is -0.481 e. The van der Waals surface area contributed by atoms with Crippen molar-refractivity contribution in [2.45, 2.75) is 12.6 Å². The average molecular weight is 307 g/mol. The van der Waals surface area contributed by atoms with E-state index in [0.29, 0.717) is 16.7 Å². The Kier molecular flexibility index (Phi) is 4.60. The van der Waals surface area contributed by atoms with Crippen molar-refractivity contribution in [2.24, 2.45) is 0 Å². The highest BCUT2D eigenvalue weighted by atomic mass is 19.4. The van der Waals surface area contributed by atoms with Crippen LogP contribution in [0.1, 0.15) is 22.3 Å². The molecular weight excluding hydrogens is 295 g/mol. The average Bonchev–Trinajstić information content (AvgIpc) is 2.44. The molecule has 1 aromatic carbocycles.